The minimum absolute atomic E-state index is 0.0586. The average Bonchev–Trinajstić information content (AvgIpc) is 2.79. The fourth-order valence-corrected chi connectivity index (χ4v) is 3.72. The maximum atomic E-state index is 14.5. The number of anilines is 3. The van der Waals surface area contributed by atoms with Crippen LogP contribution in [0.2, 0.25) is 10.0 Å². The topological polar surface area (TPSA) is 61.4 Å². The first-order valence-electron chi connectivity index (χ1n) is 9.29. The quantitative estimate of drug-likeness (QED) is 0.467. The van der Waals surface area contributed by atoms with Gasteiger partial charge in [0.1, 0.15) is 12.1 Å². The molecule has 2 heterocycles. The summed E-state index contributed by atoms with van der Waals surface area (Å²) in [5.41, 5.74) is 1.87. The van der Waals surface area contributed by atoms with Gasteiger partial charge in [-0.15, -0.1) is 0 Å². The number of amides is 1. The fraction of sp³-hybridized carbons (Fsp3) is 0.190. The zero-order valence-corrected chi connectivity index (χ0v) is 17.4. The van der Waals surface area contributed by atoms with Crippen molar-refractivity contribution in [2.75, 3.05) is 36.4 Å². The van der Waals surface area contributed by atoms with Crippen LogP contribution in [0.3, 0.4) is 0 Å². The molecule has 1 saturated heterocycles. The monoisotopic (exact) mass is 445 g/mol. The summed E-state index contributed by atoms with van der Waals surface area (Å²) in [6.07, 6.45) is 2.75. The number of halogens is 3. The van der Waals surface area contributed by atoms with E-state index in [0.717, 1.165) is 16.6 Å². The summed E-state index contributed by atoms with van der Waals surface area (Å²) in [7, 11) is 0. The molecule has 1 N–H and O–H groups in total. The summed E-state index contributed by atoms with van der Waals surface area (Å²) in [5, 5.41) is 3.73. The third-order valence-corrected chi connectivity index (χ3v) is 5.82. The Morgan fingerprint density at radius 2 is 1.90 bits per heavy atom. The largest absolute Gasteiger partial charge is 0.368 e. The van der Waals surface area contributed by atoms with E-state index in [-0.39, 0.29) is 21.6 Å². The average molecular weight is 446 g/mol. The van der Waals surface area contributed by atoms with Crippen molar-refractivity contribution in [2.24, 2.45) is 0 Å². The van der Waals surface area contributed by atoms with E-state index in [0.29, 0.717) is 32.0 Å². The normalized spacial score (nSPS) is 14.1. The van der Waals surface area contributed by atoms with Crippen molar-refractivity contribution >= 4 is 57.2 Å². The van der Waals surface area contributed by atoms with E-state index in [2.05, 4.69) is 26.8 Å². The standard InChI is InChI=1S/C21H18Cl2FN5O/c1-2-18(30)29-9-7-28(8-10-29)13-3-5-16-14(11-13)21(26-12-25-16)27-17-6-4-15(22)19(23)20(17)24/h2-6,11-12H,1,7-10H2,(H,25,26,27). The molecule has 0 aliphatic carbocycles. The zero-order chi connectivity index (χ0) is 21.3. The molecular formula is C21H18Cl2FN5O. The van der Waals surface area contributed by atoms with Gasteiger partial charge in [-0.2, -0.15) is 0 Å². The van der Waals surface area contributed by atoms with Crippen LogP contribution >= 0.6 is 23.2 Å². The van der Waals surface area contributed by atoms with Gasteiger partial charge in [0.15, 0.2) is 5.82 Å². The maximum absolute atomic E-state index is 14.5. The number of carbonyl (C=O) groups excluding carboxylic acids is 1. The molecule has 6 nitrogen and oxygen atoms in total. The number of carbonyl (C=O) groups is 1. The molecular weight excluding hydrogens is 428 g/mol. The van der Waals surface area contributed by atoms with E-state index in [1.807, 2.05) is 18.2 Å². The van der Waals surface area contributed by atoms with Crippen molar-refractivity contribution in [3.63, 3.8) is 0 Å². The predicted octanol–water partition coefficient (Wildman–Crippen LogP) is 4.65. The van der Waals surface area contributed by atoms with Gasteiger partial charge in [-0.25, -0.2) is 14.4 Å². The molecule has 0 bridgehead atoms. The summed E-state index contributed by atoms with van der Waals surface area (Å²) in [6.45, 7) is 6.17. The predicted molar refractivity (Wildman–Crippen MR) is 118 cm³/mol. The molecule has 0 saturated carbocycles. The van der Waals surface area contributed by atoms with Gasteiger partial charge in [0.2, 0.25) is 5.91 Å². The van der Waals surface area contributed by atoms with Crippen LogP contribution in [0.5, 0.6) is 0 Å². The van der Waals surface area contributed by atoms with Crippen LogP contribution in [-0.4, -0.2) is 47.0 Å². The molecule has 1 fully saturated rings. The number of piperazine rings is 1. The highest BCUT2D eigenvalue weighted by molar-refractivity contribution is 6.42. The lowest BCUT2D eigenvalue weighted by Gasteiger charge is -2.35. The van der Waals surface area contributed by atoms with Gasteiger partial charge in [-0.05, 0) is 36.4 Å². The molecule has 1 aliphatic heterocycles. The molecule has 0 unspecified atom stereocenters. The second-order valence-electron chi connectivity index (χ2n) is 6.79. The third-order valence-electron chi connectivity index (χ3n) is 5.04. The van der Waals surface area contributed by atoms with Crippen LogP contribution in [-0.2, 0) is 4.79 Å². The minimum Gasteiger partial charge on any atom is -0.368 e. The van der Waals surface area contributed by atoms with Crippen LogP contribution in [0.25, 0.3) is 10.9 Å². The van der Waals surface area contributed by atoms with Crippen molar-refractivity contribution in [1.82, 2.24) is 14.9 Å². The van der Waals surface area contributed by atoms with E-state index in [4.69, 9.17) is 23.2 Å². The highest BCUT2D eigenvalue weighted by atomic mass is 35.5. The lowest BCUT2D eigenvalue weighted by molar-refractivity contribution is -0.126. The van der Waals surface area contributed by atoms with Crippen molar-refractivity contribution in [3.05, 3.63) is 65.2 Å². The molecule has 2 aromatic carbocycles. The van der Waals surface area contributed by atoms with Crippen molar-refractivity contribution in [2.45, 2.75) is 0 Å². The number of benzene rings is 2. The number of nitrogens with one attached hydrogen (secondary N) is 1. The van der Waals surface area contributed by atoms with E-state index < -0.39 is 5.82 Å². The van der Waals surface area contributed by atoms with Crippen LogP contribution in [0.1, 0.15) is 0 Å². The molecule has 3 aromatic rings. The van der Waals surface area contributed by atoms with Gasteiger partial charge < -0.3 is 15.1 Å². The Kier molecular flexibility index (Phi) is 5.74. The van der Waals surface area contributed by atoms with Crippen molar-refractivity contribution in [1.29, 1.82) is 0 Å². The molecule has 4 rings (SSSR count). The Morgan fingerprint density at radius 3 is 2.63 bits per heavy atom. The Balaban J connectivity index is 1.63. The highest BCUT2D eigenvalue weighted by Gasteiger charge is 2.20. The SMILES string of the molecule is C=CC(=O)N1CCN(c2ccc3ncnc(Nc4ccc(Cl)c(Cl)c4F)c3c2)CC1. The van der Waals surface area contributed by atoms with Gasteiger partial charge in [-0.1, -0.05) is 29.8 Å². The summed E-state index contributed by atoms with van der Waals surface area (Å²) in [6, 6.07) is 8.86. The van der Waals surface area contributed by atoms with E-state index >= 15 is 0 Å². The summed E-state index contributed by atoms with van der Waals surface area (Å²) < 4.78 is 14.5. The van der Waals surface area contributed by atoms with Crippen LogP contribution in [0.15, 0.2) is 49.3 Å². The Bertz CT molecular complexity index is 1130. The summed E-state index contributed by atoms with van der Waals surface area (Å²) >= 11 is 11.8. The van der Waals surface area contributed by atoms with Gasteiger partial charge in [0.05, 0.1) is 21.2 Å². The van der Waals surface area contributed by atoms with Gasteiger partial charge in [0, 0.05) is 37.3 Å². The minimum atomic E-state index is -0.643. The molecule has 154 valence electrons. The second-order valence-corrected chi connectivity index (χ2v) is 7.57. The number of aromatic nitrogens is 2. The molecule has 1 aliphatic rings. The van der Waals surface area contributed by atoms with Crippen molar-refractivity contribution in [3.8, 4) is 0 Å². The van der Waals surface area contributed by atoms with Gasteiger partial charge in [0.25, 0.3) is 0 Å². The van der Waals surface area contributed by atoms with E-state index in [9.17, 15) is 9.18 Å². The molecule has 9 heteroatoms. The fourth-order valence-electron chi connectivity index (χ4n) is 3.41. The number of nitrogens with zero attached hydrogens (tertiary/aromatic N) is 4. The molecule has 1 aromatic heterocycles. The summed E-state index contributed by atoms with van der Waals surface area (Å²) in [5.74, 6) is -0.244. The molecule has 0 radical (unpaired) electrons. The molecule has 30 heavy (non-hydrogen) atoms. The first-order chi connectivity index (χ1) is 14.5. The smallest absolute Gasteiger partial charge is 0.246 e. The Labute approximate surface area is 182 Å². The number of hydrogen-bond acceptors (Lipinski definition) is 5. The maximum Gasteiger partial charge on any atom is 0.246 e. The number of rotatable bonds is 4. The van der Waals surface area contributed by atoms with E-state index in [1.165, 1.54) is 24.5 Å². The second kappa shape index (κ2) is 8.45. The van der Waals surface area contributed by atoms with Gasteiger partial charge in [-0.3, -0.25) is 4.79 Å². The first kappa shape index (κ1) is 20.4. The van der Waals surface area contributed by atoms with Crippen molar-refractivity contribution < 1.29 is 9.18 Å². The van der Waals surface area contributed by atoms with Gasteiger partial charge >= 0.3 is 0 Å². The third kappa shape index (κ3) is 3.91. The Morgan fingerprint density at radius 1 is 1.13 bits per heavy atom. The van der Waals surface area contributed by atoms with Crippen LogP contribution < -0.4 is 10.2 Å². The first-order valence-corrected chi connectivity index (χ1v) is 10.0. The molecule has 1 amide bonds. The number of fused-ring (bicyclic) bond motifs is 1. The van der Waals surface area contributed by atoms with Crippen LogP contribution in [0.4, 0.5) is 21.6 Å². The highest BCUT2D eigenvalue weighted by Crippen LogP contribution is 2.33. The van der Waals surface area contributed by atoms with Crippen LogP contribution in [0, 0.1) is 5.82 Å². The number of hydrogen-bond donors (Lipinski definition) is 1. The lowest BCUT2D eigenvalue weighted by Crippen LogP contribution is -2.48. The van der Waals surface area contributed by atoms with E-state index in [1.54, 1.807) is 4.90 Å². The lowest BCUT2D eigenvalue weighted by atomic mass is 10.1. The molecule has 0 spiro atoms. The Hall–Kier alpha value is -2.90. The summed E-state index contributed by atoms with van der Waals surface area (Å²) in [4.78, 5) is 24.3. The molecule has 0 atom stereocenters. The zero-order valence-electron chi connectivity index (χ0n) is 15.9.